The Labute approximate surface area is 109 Å². The highest BCUT2D eigenvalue weighted by Gasteiger charge is 2.27. The summed E-state index contributed by atoms with van der Waals surface area (Å²) in [5, 5.41) is 6.53. The Kier molecular flexibility index (Phi) is 4.48. The van der Waals surface area contributed by atoms with E-state index in [2.05, 4.69) is 15.6 Å². The lowest BCUT2D eigenvalue weighted by atomic mass is 9.85. The van der Waals surface area contributed by atoms with Crippen LogP contribution in [0.5, 0.6) is 0 Å². The Bertz CT molecular complexity index is 402. The molecule has 104 valence electrons. The molecular weight excluding hydrogens is 250 g/mol. The molecule has 1 saturated heterocycles. The highest BCUT2D eigenvalue weighted by molar-refractivity contribution is 7.91. The summed E-state index contributed by atoms with van der Waals surface area (Å²) in [5.74, 6) is 2.48. The van der Waals surface area contributed by atoms with Crippen molar-refractivity contribution >= 4 is 15.8 Å². The first-order valence-corrected chi connectivity index (χ1v) is 8.56. The molecule has 2 fully saturated rings. The number of hydrogen-bond acceptors (Lipinski definition) is 3. The van der Waals surface area contributed by atoms with Crippen molar-refractivity contribution in [3.8, 4) is 0 Å². The highest BCUT2D eigenvalue weighted by atomic mass is 32.2. The fraction of sp³-hybridized carbons (Fsp3) is 0.917. The van der Waals surface area contributed by atoms with Gasteiger partial charge in [-0.3, -0.25) is 4.99 Å². The molecule has 1 unspecified atom stereocenters. The molecule has 1 atom stereocenters. The van der Waals surface area contributed by atoms with Crippen LogP contribution in [0.3, 0.4) is 0 Å². The second kappa shape index (κ2) is 5.91. The van der Waals surface area contributed by atoms with E-state index in [1.807, 2.05) is 0 Å². The average Bonchev–Trinajstić information content (AvgIpc) is 2.61. The lowest BCUT2D eigenvalue weighted by Gasteiger charge is -2.26. The molecule has 0 spiro atoms. The lowest BCUT2D eigenvalue weighted by molar-refractivity contribution is 0.314. The minimum Gasteiger partial charge on any atom is -0.356 e. The van der Waals surface area contributed by atoms with Gasteiger partial charge in [0.1, 0.15) is 0 Å². The summed E-state index contributed by atoms with van der Waals surface area (Å²) in [6.45, 7) is 1.67. The van der Waals surface area contributed by atoms with Gasteiger partial charge in [-0.25, -0.2) is 8.42 Å². The monoisotopic (exact) mass is 273 g/mol. The number of nitrogens with one attached hydrogen (secondary N) is 2. The van der Waals surface area contributed by atoms with E-state index in [1.165, 1.54) is 19.3 Å². The van der Waals surface area contributed by atoms with E-state index in [0.29, 0.717) is 18.1 Å². The molecule has 0 radical (unpaired) electrons. The number of aliphatic imine (C=N–C) groups is 1. The van der Waals surface area contributed by atoms with Crippen molar-refractivity contribution < 1.29 is 8.42 Å². The lowest BCUT2D eigenvalue weighted by Crippen LogP contribution is -2.42. The van der Waals surface area contributed by atoms with Crippen LogP contribution in [0.4, 0.5) is 0 Å². The molecule has 2 N–H and O–H groups in total. The van der Waals surface area contributed by atoms with Crippen LogP contribution in [0.2, 0.25) is 0 Å². The number of hydrogen-bond donors (Lipinski definition) is 2. The van der Waals surface area contributed by atoms with E-state index in [4.69, 9.17) is 0 Å². The van der Waals surface area contributed by atoms with Crippen molar-refractivity contribution in [3.05, 3.63) is 0 Å². The summed E-state index contributed by atoms with van der Waals surface area (Å²) in [6, 6.07) is 0. The first-order chi connectivity index (χ1) is 8.59. The molecule has 18 heavy (non-hydrogen) atoms. The molecule has 1 aliphatic carbocycles. The summed E-state index contributed by atoms with van der Waals surface area (Å²) >= 11 is 0. The molecule has 2 aliphatic rings. The maximum atomic E-state index is 11.3. The first kappa shape index (κ1) is 13.6. The predicted octanol–water partition coefficient (Wildman–Crippen LogP) is 0.386. The van der Waals surface area contributed by atoms with E-state index in [-0.39, 0.29) is 5.92 Å². The van der Waals surface area contributed by atoms with Crippen molar-refractivity contribution in [2.24, 2.45) is 16.8 Å². The molecule has 1 saturated carbocycles. The third-order valence-corrected chi connectivity index (χ3v) is 5.73. The maximum Gasteiger partial charge on any atom is 0.190 e. The van der Waals surface area contributed by atoms with E-state index < -0.39 is 9.84 Å². The molecule has 0 aromatic heterocycles. The minimum absolute atomic E-state index is 0.234. The van der Waals surface area contributed by atoms with Gasteiger partial charge >= 0.3 is 0 Å². The summed E-state index contributed by atoms with van der Waals surface area (Å²) < 4.78 is 22.7. The molecule has 0 bridgehead atoms. The van der Waals surface area contributed by atoms with E-state index in [9.17, 15) is 8.42 Å². The average molecular weight is 273 g/mol. The van der Waals surface area contributed by atoms with Crippen molar-refractivity contribution in [2.75, 3.05) is 31.6 Å². The topological polar surface area (TPSA) is 70.6 Å². The van der Waals surface area contributed by atoms with Crippen LogP contribution in [-0.2, 0) is 9.84 Å². The fourth-order valence-corrected chi connectivity index (χ4v) is 4.29. The molecule has 0 amide bonds. The van der Waals surface area contributed by atoms with Crippen LogP contribution in [0.15, 0.2) is 4.99 Å². The Morgan fingerprint density at radius 3 is 2.28 bits per heavy atom. The molecular formula is C12H23N3O2S. The molecule has 1 aliphatic heterocycles. The smallest absolute Gasteiger partial charge is 0.190 e. The molecule has 2 rings (SSSR count). The zero-order valence-electron chi connectivity index (χ0n) is 11.0. The summed E-state index contributed by atoms with van der Waals surface area (Å²) in [4.78, 5) is 4.16. The van der Waals surface area contributed by atoms with E-state index >= 15 is 0 Å². The van der Waals surface area contributed by atoms with E-state index in [1.54, 1.807) is 7.05 Å². The standard InChI is InChI=1S/C12H23N3O2S/c1-13-12(14-7-10-3-2-4-10)15-8-11-5-6-18(16,17)9-11/h10-11H,2-9H2,1H3,(H2,13,14,15). The SMILES string of the molecule is CN=C(NCC1CCC1)NCC1CCS(=O)(=O)C1. The first-order valence-electron chi connectivity index (χ1n) is 6.74. The Balaban J connectivity index is 1.67. The van der Waals surface area contributed by atoms with Gasteiger partial charge in [0.15, 0.2) is 15.8 Å². The van der Waals surface area contributed by atoms with Crippen molar-refractivity contribution in [2.45, 2.75) is 25.7 Å². The minimum atomic E-state index is -2.77. The van der Waals surface area contributed by atoms with Gasteiger partial charge in [-0.1, -0.05) is 6.42 Å². The van der Waals surface area contributed by atoms with Gasteiger partial charge in [0.25, 0.3) is 0 Å². The summed E-state index contributed by atoms with van der Waals surface area (Å²) in [6.07, 6.45) is 4.74. The van der Waals surface area contributed by atoms with Gasteiger partial charge in [-0.2, -0.15) is 0 Å². The normalized spacial score (nSPS) is 27.8. The molecule has 5 nitrogen and oxygen atoms in total. The zero-order chi connectivity index (χ0) is 13.0. The Morgan fingerprint density at radius 2 is 1.83 bits per heavy atom. The van der Waals surface area contributed by atoms with Crippen LogP contribution in [0, 0.1) is 11.8 Å². The molecule has 0 aromatic rings. The van der Waals surface area contributed by atoms with Crippen LogP contribution in [0.25, 0.3) is 0 Å². The quantitative estimate of drug-likeness (QED) is 0.574. The number of nitrogens with zero attached hydrogens (tertiary/aromatic N) is 1. The molecule has 6 heteroatoms. The third kappa shape index (κ3) is 3.86. The number of sulfone groups is 1. The van der Waals surface area contributed by atoms with Crippen molar-refractivity contribution in [1.82, 2.24) is 10.6 Å². The van der Waals surface area contributed by atoms with Gasteiger partial charge in [-0.05, 0) is 31.1 Å². The Hall–Kier alpha value is -0.780. The number of guanidine groups is 1. The molecule has 0 aromatic carbocycles. The third-order valence-electron chi connectivity index (χ3n) is 3.89. The second-order valence-electron chi connectivity index (χ2n) is 5.40. The van der Waals surface area contributed by atoms with Crippen molar-refractivity contribution in [3.63, 3.8) is 0 Å². The Morgan fingerprint density at radius 1 is 1.17 bits per heavy atom. The largest absolute Gasteiger partial charge is 0.356 e. The van der Waals surface area contributed by atoms with Gasteiger partial charge in [0.2, 0.25) is 0 Å². The highest BCUT2D eigenvalue weighted by Crippen LogP contribution is 2.25. The van der Waals surface area contributed by atoms with Gasteiger partial charge in [0.05, 0.1) is 11.5 Å². The summed E-state index contributed by atoms with van der Waals surface area (Å²) in [7, 11) is -1.02. The van der Waals surface area contributed by atoms with Gasteiger partial charge in [-0.15, -0.1) is 0 Å². The van der Waals surface area contributed by atoms with Crippen LogP contribution in [0.1, 0.15) is 25.7 Å². The second-order valence-corrected chi connectivity index (χ2v) is 7.63. The fourth-order valence-electron chi connectivity index (χ4n) is 2.43. The van der Waals surface area contributed by atoms with Gasteiger partial charge < -0.3 is 10.6 Å². The molecule has 1 heterocycles. The van der Waals surface area contributed by atoms with Crippen LogP contribution >= 0.6 is 0 Å². The number of rotatable bonds is 4. The van der Waals surface area contributed by atoms with Crippen LogP contribution < -0.4 is 10.6 Å². The van der Waals surface area contributed by atoms with Crippen molar-refractivity contribution in [1.29, 1.82) is 0 Å². The summed E-state index contributed by atoms with van der Waals surface area (Å²) in [5.41, 5.74) is 0. The predicted molar refractivity (Wildman–Crippen MR) is 73.5 cm³/mol. The zero-order valence-corrected chi connectivity index (χ0v) is 11.8. The maximum absolute atomic E-state index is 11.3. The van der Waals surface area contributed by atoms with Gasteiger partial charge in [0, 0.05) is 20.1 Å². The van der Waals surface area contributed by atoms with E-state index in [0.717, 1.165) is 24.8 Å². The van der Waals surface area contributed by atoms with Crippen LogP contribution in [-0.4, -0.2) is 46.0 Å².